The summed E-state index contributed by atoms with van der Waals surface area (Å²) in [7, 11) is 0. The molecule has 3 rings (SSSR count). The highest BCUT2D eigenvalue weighted by Gasteiger charge is 2.30. The normalized spacial score (nSPS) is 15.2. The van der Waals surface area contributed by atoms with Gasteiger partial charge in [0.05, 0.1) is 17.5 Å². The molecule has 27 heavy (non-hydrogen) atoms. The number of hydrogen-bond donors (Lipinski definition) is 1. The smallest absolute Gasteiger partial charge is 0.261 e. The van der Waals surface area contributed by atoms with Crippen molar-refractivity contribution in [3.63, 3.8) is 0 Å². The number of carbonyl (C=O) groups excluding carboxylic acids is 2. The van der Waals surface area contributed by atoms with Crippen molar-refractivity contribution in [3.8, 4) is 0 Å². The molecule has 6 nitrogen and oxygen atoms in total. The van der Waals surface area contributed by atoms with Crippen molar-refractivity contribution in [3.05, 3.63) is 47.8 Å². The van der Waals surface area contributed by atoms with Gasteiger partial charge in [-0.3, -0.25) is 14.7 Å². The topological polar surface area (TPSA) is 69.3 Å². The van der Waals surface area contributed by atoms with Gasteiger partial charge in [-0.15, -0.1) is 0 Å². The SMILES string of the molecule is CCN(C(=O)c1cn[nH]c1C1CCN(C(=O)C(C)C)CC1)c1ccccc1. The van der Waals surface area contributed by atoms with E-state index in [2.05, 4.69) is 10.2 Å². The van der Waals surface area contributed by atoms with Crippen molar-refractivity contribution in [2.24, 2.45) is 5.92 Å². The predicted octanol–water partition coefficient (Wildman–Crippen LogP) is 3.44. The molecule has 2 amide bonds. The third-order valence-corrected chi connectivity index (χ3v) is 5.24. The van der Waals surface area contributed by atoms with Gasteiger partial charge < -0.3 is 9.80 Å². The number of hydrogen-bond acceptors (Lipinski definition) is 3. The molecule has 0 spiro atoms. The molecule has 0 aliphatic carbocycles. The van der Waals surface area contributed by atoms with E-state index in [0.29, 0.717) is 12.1 Å². The number of nitrogens with one attached hydrogen (secondary N) is 1. The molecule has 1 aliphatic heterocycles. The second kappa shape index (κ2) is 8.37. The van der Waals surface area contributed by atoms with Crippen molar-refractivity contribution < 1.29 is 9.59 Å². The Hall–Kier alpha value is -2.63. The molecule has 1 fully saturated rings. The summed E-state index contributed by atoms with van der Waals surface area (Å²) in [6.07, 6.45) is 3.33. The van der Waals surface area contributed by atoms with E-state index in [0.717, 1.165) is 37.3 Å². The van der Waals surface area contributed by atoms with Crippen LogP contribution in [0.2, 0.25) is 0 Å². The standard InChI is InChI=1S/C21H28N4O2/c1-4-25(17-8-6-5-7-9-17)21(27)18-14-22-23-19(18)16-10-12-24(13-11-16)20(26)15(2)3/h5-9,14-16H,4,10-13H2,1-3H3,(H,22,23). The van der Waals surface area contributed by atoms with Crippen LogP contribution in [-0.2, 0) is 4.79 Å². The fourth-order valence-corrected chi connectivity index (χ4v) is 3.73. The maximum absolute atomic E-state index is 13.2. The molecule has 0 unspecified atom stereocenters. The van der Waals surface area contributed by atoms with Crippen LogP contribution in [0.5, 0.6) is 0 Å². The summed E-state index contributed by atoms with van der Waals surface area (Å²) >= 11 is 0. The maximum Gasteiger partial charge on any atom is 0.261 e. The lowest BCUT2D eigenvalue weighted by Gasteiger charge is -2.33. The lowest BCUT2D eigenvalue weighted by molar-refractivity contribution is -0.135. The first-order valence-corrected chi connectivity index (χ1v) is 9.71. The van der Waals surface area contributed by atoms with Crippen LogP contribution in [0.4, 0.5) is 5.69 Å². The molecule has 1 aromatic carbocycles. The van der Waals surface area contributed by atoms with E-state index in [9.17, 15) is 9.59 Å². The number of likely N-dealkylation sites (tertiary alicyclic amines) is 1. The number of para-hydroxylation sites is 1. The Morgan fingerprint density at radius 1 is 1.22 bits per heavy atom. The highest BCUT2D eigenvalue weighted by molar-refractivity contribution is 6.06. The molecular formula is C21H28N4O2. The van der Waals surface area contributed by atoms with Crippen LogP contribution in [-0.4, -0.2) is 46.5 Å². The summed E-state index contributed by atoms with van der Waals surface area (Å²) in [5.41, 5.74) is 2.41. The minimum absolute atomic E-state index is 0.0230. The monoisotopic (exact) mass is 368 g/mol. The van der Waals surface area contributed by atoms with Gasteiger partial charge in [0.25, 0.3) is 5.91 Å². The zero-order valence-electron chi connectivity index (χ0n) is 16.3. The Morgan fingerprint density at radius 2 is 1.89 bits per heavy atom. The predicted molar refractivity (Wildman–Crippen MR) is 106 cm³/mol. The zero-order chi connectivity index (χ0) is 19.4. The fourth-order valence-electron chi connectivity index (χ4n) is 3.73. The Morgan fingerprint density at radius 3 is 2.48 bits per heavy atom. The minimum Gasteiger partial charge on any atom is -0.342 e. The molecule has 0 atom stereocenters. The summed E-state index contributed by atoms with van der Waals surface area (Å²) in [5, 5.41) is 7.21. The second-order valence-electron chi connectivity index (χ2n) is 7.34. The lowest BCUT2D eigenvalue weighted by Crippen LogP contribution is -2.40. The first-order valence-electron chi connectivity index (χ1n) is 9.71. The molecule has 1 aliphatic rings. The van der Waals surface area contributed by atoms with Crippen LogP contribution in [0.1, 0.15) is 55.6 Å². The van der Waals surface area contributed by atoms with Crippen LogP contribution >= 0.6 is 0 Å². The highest BCUT2D eigenvalue weighted by Crippen LogP contribution is 2.30. The number of benzene rings is 1. The van der Waals surface area contributed by atoms with E-state index < -0.39 is 0 Å². The highest BCUT2D eigenvalue weighted by atomic mass is 16.2. The van der Waals surface area contributed by atoms with Gasteiger partial charge in [-0.2, -0.15) is 5.10 Å². The van der Waals surface area contributed by atoms with Crippen molar-refractivity contribution in [2.45, 2.75) is 39.5 Å². The average Bonchev–Trinajstić information content (AvgIpc) is 3.18. The number of aromatic nitrogens is 2. The molecule has 2 aromatic rings. The quantitative estimate of drug-likeness (QED) is 0.879. The summed E-state index contributed by atoms with van der Waals surface area (Å²) in [6, 6.07) is 9.69. The number of anilines is 1. The molecule has 0 radical (unpaired) electrons. The molecule has 1 aromatic heterocycles. The number of rotatable bonds is 5. The van der Waals surface area contributed by atoms with Gasteiger partial charge in [-0.25, -0.2) is 0 Å². The van der Waals surface area contributed by atoms with E-state index in [-0.39, 0.29) is 23.7 Å². The number of nitrogens with zero attached hydrogens (tertiary/aromatic N) is 3. The molecule has 0 saturated carbocycles. The van der Waals surface area contributed by atoms with Gasteiger partial charge in [-0.1, -0.05) is 32.0 Å². The van der Waals surface area contributed by atoms with E-state index >= 15 is 0 Å². The van der Waals surface area contributed by atoms with Gasteiger partial charge in [0.1, 0.15) is 0 Å². The van der Waals surface area contributed by atoms with Gasteiger partial charge in [-0.05, 0) is 31.9 Å². The van der Waals surface area contributed by atoms with Crippen molar-refractivity contribution in [2.75, 3.05) is 24.5 Å². The number of H-pyrrole nitrogens is 1. The first kappa shape index (κ1) is 19.1. The minimum atomic E-state index is -0.0341. The zero-order valence-corrected chi connectivity index (χ0v) is 16.3. The Bertz CT molecular complexity index is 776. The Labute approximate surface area is 160 Å². The second-order valence-corrected chi connectivity index (χ2v) is 7.34. The van der Waals surface area contributed by atoms with E-state index in [4.69, 9.17) is 0 Å². The van der Waals surface area contributed by atoms with Crippen molar-refractivity contribution in [1.82, 2.24) is 15.1 Å². The summed E-state index contributed by atoms with van der Waals surface area (Å²) < 4.78 is 0. The van der Waals surface area contributed by atoms with E-state index in [1.54, 1.807) is 11.1 Å². The number of aromatic amines is 1. The van der Waals surface area contributed by atoms with E-state index in [1.165, 1.54) is 0 Å². The Kier molecular flexibility index (Phi) is 5.94. The molecule has 1 saturated heterocycles. The fraction of sp³-hybridized carbons (Fsp3) is 0.476. The van der Waals surface area contributed by atoms with E-state index in [1.807, 2.05) is 56.0 Å². The van der Waals surface area contributed by atoms with Gasteiger partial charge >= 0.3 is 0 Å². The van der Waals surface area contributed by atoms with Crippen LogP contribution in [0.25, 0.3) is 0 Å². The average molecular weight is 368 g/mol. The van der Waals surface area contributed by atoms with Crippen LogP contribution < -0.4 is 4.90 Å². The largest absolute Gasteiger partial charge is 0.342 e. The third-order valence-electron chi connectivity index (χ3n) is 5.24. The van der Waals surface area contributed by atoms with Gasteiger partial charge in [0.2, 0.25) is 5.91 Å². The van der Waals surface area contributed by atoms with Gasteiger partial charge in [0.15, 0.2) is 0 Å². The first-order chi connectivity index (χ1) is 13.0. The third kappa shape index (κ3) is 4.04. The summed E-state index contributed by atoms with van der Waals surface area (Å²) in [4.78, 5) is 29.1. The summed E-state index contributed by atoms with van der Waals surface area (Å²) in [5.74, 6) is 0.413. The molecule has 6 heteroatoms. The lowest BCUT2D eigenvalue weighted by atomic mass is 9.90. The number of amides is 2. The number of carbonyl (C=O) groups is 2. The van der Waals surface area contributed by atoms with Crippen LogP contribution in [0, 0.1) is 5.92 Å². The van der Waals surface area contributed by atoms with Crippen LogP contribution in [0.15, 0.2) is 36.5 Å². The molecule has 1 N–H and O–H groups in total. The number of piperidine rings is 1. The van der Waals surface area contributed by atoms with Gasteiger partial charge in [0, 0.05) is 37.2 Å². The molecule has 144 valence electrons. The van der Waals surface area contributed by atoms with Crippen LogP contribution in [0.3, 0.4) is 0 Å². The molecule has 0 bridgehead atoms. The molecule has 2 heterocycles. The summed E-state index contributed by atoms with van der Waals surface area (Å²) in [6.45, 7) is 7.89. The Balaban J connectivity index is 1.75. The van der Waals surface area contributed by atoms with Crippen molar-refractivity contribution in [1.29, 1.82) is 0 Å². The molecular weight excluding hydrogens is 340 g/mol. The maximum atomic E-state index is 13.2. The van der Waals surface area contributed by atoms with Crippen molar-refractivity contribution >= 4 is 17.5 Å².